The van der Waals surface area contributed by atoms with Crippen LogP contribution in [0.15, 0.2) is 45.7 Å². The molecule has 2 aromatic carbocycles. The standard InChI is InChI=1S/C21H21Cl2N3O3S/c1-13(14-6-8-16(22)17(23)11-14)24-21(27)15-7-9-18-19(12-15)30(28,29)25-20-5-3-2-4-10-26(18)20/h6-9,11-13H,2-5,10H2,1H3,(H,24,27)/t13-/m1/s1. The van der Waals surface area contributed by atoms with E-state index >= 15 is 0 Å². The Balaban J connectivity index is 1.61. The smallest absolute Gasteiger partial charge is 0.286 e. The van der Waals surface area contributed by atoms with Crippen molar-refractivity contribution in [2.75, 3.05) is 11.4 Å². The first kappa shape index (κ1) is 21.2. The van der Waals surface area contributed by atoms with E-state index in [1.54, 1.807) is 30.3 Å². The molecule has 1 N–H and O–H groups in total. The second kappa shape index (κ2) is 8.21. The van der Waals surface area contributed by atoms with Crippen LogP contribution < -0.4 is 10.2 Å². The van der Waals surface area contributed by atoms with E-state index < -0.39 is 10.0 Å². The highest BCUT2D eigenvalue weighted by Gasteiger charge is 2.32. The summed E-state index contributed by atoms with van der Waals surface area (Å²) in [6.07, 6.45) is 3.58. The molecular weight excluding hydrogens is 445 g/mol. The van der Waals surface area contributed by atoms with Gasteiger partial charge in [0.2, 0.25) is 0 Å². The quantitative estimate of drug-likeness (QED) is 0.693. The van der Waals surface area contributed by atoms with Gasteiger partial charge in [0.25, 0.3) is 15.9 Å². The van der Waals surface area contributed by atoms with Crippen LogP contribution in [-0.2, 0) is 10.0 Å². The molecule has 0 saturated carbocycles. The predicted octanol–water partition coefficient (Wildman–Crippen LogP) is 4.97. The van der Waals surface area contributed by atoms with Gasteiger partial charge in [0, 0.05) is 18.5 Å². The fourth-order valence-corrected chi connectivity index (χ4v) is 5.36. The van der Waals surface area contributed by atoms with E-state index in [0.29, 0.717) is 28.0 Å². The Kier molecular flexibility index (Phi) is 5.79. The molecule has 30 heavy (non-hydrogen) atoms. The molecule has 2 aliphatic rings. The number of sulfonamides is 1. The number of amides is 1. The first-order chi connectivity index (χ1) is 14.3. The summed E-state index contributed by atoms with van der Waals surface area (Å²) in [5.41, 5.74) is 1.65. The molecule has 1 saturated heterocycles. The van der Waals surface area contributed by atoms with Crippen LogP contribution >= 0.6 is 23.2 Å². The van der Waals surface area contributed by atoms with Crippen LogP contribution in [0.25, 0.3) is 0 Å². The zero-order valence-corrected chi connectivity index (χ0v) is 18.7. The average Bonchev–Trinajstić information content (AvgIpc) is 2.94. The highest BCUT2D eigenvalue weighted by atomic mass is 35.5. The van der Waals surface area contributed by atoms with E-state index in [2.05, 4.69) is 9.71 Å². The molecule has 0 aromatic heterocycles. The SMILES string of the molecule is C[C@@H](NC(=O)c1ccc2c(c1)S(=O)(=O)N=C1CCCCCN12)c1ccc(Cl)c(Cl)c1. The van der Waals surface area contributed by atoms with E-state index in [9.17, 15) is 13.2 Å². The summed E-state index contributed by atoms with van der Waals surface area (Å²) in [6, 6.07) is 9.57. The molecule has 4 rings (SSSR count). The molecule has 1 amide bonds. The summed E-state index contributed by atoms with van der Waals surface area (Å²) in [6.45, 7) is 2.54. The lowest BCUT2D eigenvalue weighted by Gasteiger charge is -2.29. The van der Waals surface area contributed by atoms with Gasteiger partial charge in [-0.15, -0.1) is 4.40 Å². The van der Waals surface area contributed by atoms with E-state index in [1.807, 2.05) is 11.8 Å². The molecule has 0 unspecified atom stereocenters. The number of anilines is 1. The summed E-state index contributed by atoms with van der Waals surface area (Å²) in [5.74, 6) is 0.211. The third kappa shape index (κ3) is 4.06. The molecule has 0 bridgehead atoms. The number of halogens is 2. The Morgan fingerprint density at radius 1 is 1.10 bits per heavy atom. The Morgan fingerprint density at radius 2 is 1.90 bits per heavy atom. The molecule has 158 valence electrons. The molecule has 2 heterocycles. The summed E-state index contributed by atoms with van der Waals surface area (Å²) >= 11 is 12.0. The normalized spacial score (nSPS) is 18.5. The van der Waals surface area contributed by atoms with Gasteiger partial charge >= 0.3 is 0 Å². The summed E-state index contributed by atoms with van der Waals surface area (Å²) in [5, 5.41) is 3.72. The van der Waals surface area contributed by atoms with Crippen LogP contribution in [0.3, 0.4) is 0 Å². The van der Waals surface area contributed by atoms with Gasteiger partial charge in [0.05, 0.1) is 21.8 Å². The van der Waals surface area contributed by atoms with Crippen molar-refractivity contribution in [2.24, 2.45) is 4.40 Å². The van der Waals surface area contributed by atoms with E-state index in [-0.39, 0.29) is 22.4 Å². The van der Waals surface area contributed by atoms with Crippen molar-refractivity contribution < 1.29 is 13.2 Å². The molecule has 2 aromatic rings. The van der Waals surface area contributed by atoms with Crippen molar-refractivity contribution in [3.8, 4) is 0 Å². The molecule has 2 aliphatic heterocycles. The van der Waals surface area contributed by atoms with Crippen molar-refractivity contribution >= 4 is 50.7 Å². The number of carbonyl (C=O) groups is 1. The maximum Gasteiger partial charge on any atom is 0.286 e. The van der Waals surface area contributed by atoms with Crippen molar-refractivity contribution in [3.05, 3.63) is 57.6 Å². The highest BCUT2D eigenvalue weighted by molar-refractivity contribution is 7.90. The lowest BCUT2D eigenvalue weighted by molar-refractivity contribution is 0.0939. The Bertz CT molecular complexity index is 1150. The van der Waals surface area contributed by atoms with Crippen LogP contribution in [0.2, 0.25) is 10.0 Å². The zero-order chi connectivity index (χ0) is 21.5. The van der Waals surface area contributed by atoms with Gasteiger partial charge in [-0.05, 0) is 55.7 Å². The molecule has 9 heteroatoms. The molecular formula is C21H21Cl2N3O3S. The van der Waals surface area contributed by atoms with Crippen LogP contribution in [0, 0.1) is 0 Å². The number of carbonyl (C=O) groups excluding carboxylic acids is 1. The van der Waals surface area contributed by atoms with E-state index in [0.717, 1.165) is 31.4 Å². The fourth-order valence-electron chi connectivity index (χ4n) is 3.77. The fraction of sp³-hybridized carbons (Fsp3) is 0.333. The summed E-state index contributed by atoms with van der Waals surface area (Å²) in [4.78, 5) is 14.8. The lowest BCUT2D eigenvalue weighted by atomic mass is 10.1. The van der Waals surface area contributed by atoms with E-state index in [4.69, 9.17) is 23.2 Å². The largest absolute Gasteiger partial charge is 0.346 e. The summed E-state index contributed by atoms with van der Waals surface area (Å²) < 4.78 is 29.5. The van der Waals surface area contributed by atoms with Gasteiger partial charge in [0.15, 0.2) is 0 Å². The van der Waals surface area contributed by atoms with Gasteiger partial charge < -0.3 is 10.2 Å². The van der Waals surface area contributed by atoms with Crippen LogP contribution in [-0.4, -0.2) is 26.7 Å². The maximum absolute atomic E-state index is 12.8. The van der Waals surface area contributed by atoms with Crippen LogP contribution in [0.5, 0.6) is 0 Å². The third-order valence-electron chi connectivity index (χ3n) is 5.40. The minimum Gasteiger partial charge on any atom is -0.346 e. The Morgan fingerprint density at radius 3 is 2.67 bits per heavy atom. The van der Waals surface area contributed by atoms with Crippen molar-refractivity contribution in [3.63, 3.8) is 0 Å². The molecule has 0 aliphatic carbocycles. The van der Waals surface area contributed by atoms with Crippen molar-refractivity contribution in [1.29, 1.82) is 0 Å². The van der Waals surface area contributed by atoms with Gasteiger partial charge in [-0.3, -0.25) is 4.79 Å². The number of benzene rings is 2. The first-order valence-corrected chi connectivity index (χ1v) is 12.0. The zero-order valence-electron chi connectivity index (χ0n) is 16.4. The van der Waals surface area contributed by atoms with Crippen molar-refractivity contribution in [1.82, 2.24) is 5.32 Å². The number of rotatable bonds is 3. The van der Waals surface area contributed by atoms with Gasteiger partial charge in [-0.1, -0.05) is 35.7 Å². The molecule has 1 atom stereocenters. The van der Waals surface area contributed by atoms with Gasteiger partial charge in [0.1, 0.15) is 10.7 Å². The number of amidine groups is 1. The number of fused-ring (bicyclic) bond motifs is 3. The topological polar surface area (TPSA) is 78.8 Å². The second-order valence-electron chi connectivity index (χ2n) is 7.50. The highest BCUT2D eigenvalue weighted by Crippen LogP contribution is 2.35. The Labute approximate surface area is 185 Å². The Hall–Kier alpha value is -2.09. The summed E-state index contributed by atoms with van der Waals surface area (Å²) in [7, 11) is -3.84. The van der Waals surface area contributed by atoms with E-state index in [1.165, 1.54) is 6.07 Å². The average molecular weight is 466 g/mol. The first-order valence-electron chi connectivity index (χ1n) is 9.77. The predicted molar refractivity (Wildman–Crippen MR) is 119 cm³/mol. The second-order valence-corrected chi connectivity index (χ2v) is 9.88. The number of nitrogens with one attached hydrogen (secondary N) is 1. The van der Waals surface area contributed by atoms with Crippen molar-refractivity contribution in [2.45, 2.75) is 43.5 Å². The monoisotopic (exact) mass is 465 g/mol. The number of nitrogens with zero attached hydrogens (tertiary/aromatic N) is 2. The number of hydrogen-bond donors (Lipinski definition) is 1. The molecule has 0 radical (unpaired) electrons. The van der Waals surface area contributed by atoms with Crippen LogP contribution in [0.1, 0.15) is 54.6 Å². The molecule has 0 spiro atoms. The minimum atomic E-state index is -3.84. The minimum absolute atomic E-state index is 0.0722. The lowest BCUT2D eigenvalue weighted by Crippen LogP contribution is -2.35. The van der Waals surface area contributed by atoms with Gasteiger partial charge in [-0.25, -0.2) is 0 Å². The number of hydrogen-bond acceptors (Lipinski definition) is 4. The third-order valence-corrected chi connectivity index (χ3v) is 7.47. The van der Waals surface area contributed by atoms with Gasteiger partial charge in [-0.2, -0.15) is 8.42 Å². The van der Waals surface area contributed by atoms with Crippen LogP contribution in [0.4, 0.5) is 5.69 Å². The molecule has 6 nitrogen and oxygen atoms in total. The molecule has 1 fully saturated rings. The maximum atomic E-state index is 12.8.